The van der Waals surface area contributed by atoms with Crippen molar-refractivity contribution in [3.8, 4) is 0 Å². The Morgan fingerprint density at radius 3 is 2.05 bits per heavy atom. The summed E-state index contributed by atoms with van der Waals surface area (Å²) in [4.78, 5) is 10.8. The first-order valence-electron chi connectivity index (χ1n) is 7.14. The highest BCUT2D eigenvalue weighted by molar-refractivity contribution is 5.74. The number of halogens is 1. The highest BCUT2D eigenvalue weighted by Gasteiger charge is 2.06. The second-order valence-corrected chi connectivity index (χ2v) is 4.93. The van der Waals surface area contributed by atoms with Crippen LogP contribution in [-0.2, 0) is 11.2 Å². The van der Waals surface area contributed by atoms with Crippen molar-refractivity contribution in [1.29, 1.82) is 0 Å². The lowest BCUT2D eigenvalue weighted by Gasteiger charge is -2.06. The number of aryl methyl sites for hydroxylation is 3. The maximum atomic E-state index is 13.3. The summed E-state index contributed by atoms with van der Waals surface area (Å²) in [6.07, 6.45) is 4.77. The first kappa shape index (κ1) is 18.6. The van der Waals surface area contributed by atoms with Gasteiger partial charge < -0.3 is 0 Å². The number of hydrogen-bond acceptors (Lipinski definition) is 2. The Morgan fingerprint density at radius 1 is 1.20 bits per heavy atom. The molecule has 0 saturated carbocycles. The van der Waals surface area contributed by atoms with Crippen LogP contribution >= 0.6 is 0 Å². The SMILES string of the molecule is CCCCC.Cc1cc(CCC(=O)NO)cc(C)c1F. The number of amides is 1. The Balaban J connectivity index is 0.000000621. The molecular formula is C16H26FNO2. The molecule has 0 spiro atoms. The van der Waals surface area contributed by atoms with Gasteiger partial charge in [0.1, 0.15) is 5.82 Å². The summed E-state index contributed by atoms with van der Waals surface area (Å²) in [5.41, 5.74) is 3.62. The van der Waals surface area contributed by atoms with Crippen LogP contribution in [0.2, 0.25) is 0 Å². The van der Waals surface area contributed by atoms with E-state index in [1.54, 1.807) is 31.5 Å². The number of unbranched alkanes of at least 4 members (excludes halogenated alkanes) is 2. The van der Waals surface area contributed by atoms with Crippen LogP contribution in [0.3, 0.4) is 0 Å². The van der Waals surface area contributed by atoms with Gasteiger partial charge in [-0.2, -0.15) is 0 Å². The number of benzene rings is 1. The lowest BCUT2D eigenvalue weighted by Crippen LogP contribution is -2.18. The summed E-state index contributed by atoms with van der Waals surface area (Å²) >= 11 is 0. The summed E-state index contributed by atoms with van der Waals surface area (Å²) in [6.45, 7) is 7.81. The third-order valence-corrected chi connectivity index (χ3v) is 2.97. The van der Waals surface area contributed by atoms with Gasteiger partial charge in [0.25, 0.3) is 0 Å². The van der Waals surface area contributed by atoms with Gasteiger partial charge >= 0.3 is 0 Å². The first-order valence-corrected chi connectivity index (χ1v) is 7.14. The van der Waals surface area contributed by atoms with Gasteiger partial charge in [-0.15, -0.1) is 0 Å². The fourth-order valence-electron chi connectivity index (χ4n) is 1.85. The quantitative estimate of drug-likeness (QED) is 0.632. The predicted octanol–water partition coefficient (Wildman–Crippen LogP) is 4.08. The number of hydrogen-bond donors (Lipinski definition) is 2. The first-order chi connectivity index (χ1) is 9.46. The molecule has 1 amide bonds. The number of carbonyl (C=O) groups is 1. The van der Waals surface area contributed by atoms with Gasteiger partial charge in [-0.3, -0.25) is 10.0 Å². The van der Waals surface area contributed by atoms with Gasteiger partial charge in [0.15, 0.2) is 0 Å². The number of nitrogens with one attached hydrogen (secondary N) is 1. The minimum Gasteiger partial charge on any atom is -0.289 e. The topological polar surface area (TPSA) is 49.3 Å². The smallest absolute Gasteiger partial charge is 0.243 e. The zero-order valence-electron chi connectivity index (χ0n) is 12.9. The molecule has 0 unspecified atom stereocenters. The second kappa shape index (κ2) is 10.4. The average Bonchev–Trinajstić information content (AvgIpc) is 2.43. The van der Waals surface area contributed by atoms with Gasteiger partial charge in [-0.1, -0.05) is 45.2 Å². The molecule has 0 bridgehead atoms. The van der Waals surface area contributed by atoms with Crippen molar-refractivity contribution in [2.24, 2.45) is 0 Å². The van der Waals surface area contributed by atoms with E-state index >= 15 is 0 Å². The van der Waals surface area contributed by atoms with Gasteiger partial charge in [0, 0.05) is 6.42 Å². The van der Waals surface area contributed by atoms with E-state index in [1.165, 1.54) is 19.3 Å². The summed E-state index contributed by atoms with van der Waals surface area (Å²) in [5, 5.41) is 8.31. The van der Waals surface area contributed by atoms with Crippen molar-refractivity contribution in [2.75, 3.05) is 0 Å². The normalized spacial score (nSPS) is 9.70. The fraction of sp³-hybridized carbons (Fsp3) is 0.562. The minimum absolute atomic E-state index is 0.195. The van der Waals surface area contributed by atoms with Gasteiger partial charge in [-0.05, 0) is 37.0 Å². The van der Waals surface area contributed by atoms with Gasteiger partial charge in [0.2, 0.25) is 5.91 Å². The molecule has 0 radical (unpaired) electrons. The molecule has 114 valence electrons. The van der Waals surface area contributed by atoms with E-state index in [1.807, 2.05) is 0 Å². The minimum atomic E-state index is -0.436. The van der Waals surface area contributed by atoms with Crippen LogP contribution < -0.4 is 5.48 Å². The molecule has 3 nitrogen and oxygen atoms in total. The number of rotatable bonds is 5. The molecule has 0 aliphatic carbocycles. The molecule has 1 rings (SSSR count). The molecule has 0 aliphatic rings. The number of carbonyl (C=O) groups excluding carboxylic acids is 1. The Bertz CT molecular complexity index is 394. The van der Waals surface area contributed by atoms with Crippen LogP contribution in [0, 0.1) is 19.7 Å². The van der Waals surface area contributed by atoms with Crippen LogP contribution in [0.5, 0.6) is 0 Å². The lowest BCUT2D eigenvalue weighted by atomic mass is 10.0. The van der Waals surface area contributed by atoms with Crippen molar-refractivity contribution in [3.05, 3.63) is 34.6 Å². The van der Waals surface area contributed by atoms with Crippen molar-refractivity contribution < 1.29 is 14.4 Å². The van der Waals surface area contributed by atoms with Crippen molar-refractivity contribution >= 4 is 5.91 Å². The van der Waals surface area contributed by atoms with E-state index in [0.717, 1.165) is 5.56 Å². The molecular weight excluding hydrogens is 257 g/mol. The predicted molar refractivity (Wildman–Crippen MR) is 79.3 cm³/mol. The maximum Gasteiger partial charge on any atom is 0.243 e. The van der Waals surface area contributed by atoms with Gasteiger partial charge in [0.05, 0.1) is 0 Å². The van der Waals surface area contributed by atoms with E-state index in [-0.39, 0.29) is 12.2 Å². The summed E-state index contributed by atoms with van der Waals surface area (Å²) < 4.78 is 13.3. The van der Waals surface area contributed by atoms with Crippen molar-refractivity contribution in [1.82, 2.24) is 5.48 Å². The lowest BCUT2D eigenvalue weighted by molar-refractivity contribution is -0.129. The monoisotopic (exact) mass is 283 g/mol. The van der Waals surface area contributed by atoms with Crippen molar-refractivity contribution in [3.63, 3.8) is 0 Å². The molecule has 0 heterocycles. The van der Waals surface area contributed by atoms with Crippen LogP contribution in [0.25, 0.3) is 0 Å². The molecule has 4 heteroatoms. The Kier molecular flexibility index (Phi) is 9.64. The van der Waals surface area contributed by atoms with Crippen LogP contribution in [0.15, 0.2) is 12.1 Å². The van der Waals surface area contributed by atoms with E-state index < -0.39 is 5.91 Å². The molecule has 0 saturated heterocycles. The second-order valence-electron chi connectivity index (χ2n) is 4.93. The highest BCUT2D eigenvalue weighted by Crippen LogP contribution is 2.15. The highest BCUT2D eigenvalue weighted by atomic mass is 19.1. The zero-order valence-corrected chi connectivity index (χ0v) is 12.9. The van der Waals surface area contributed by atoms with Gasteiger partial charge in [-0.25, -0.2) is 9.87 Å². The van der Waals surface area contributed by atoms with E-state index in [2.05, 4.69) is 13.8 Å². The molecule has 0 atom stereocenters. The largest absolute Gasteiger partial charge is 0.289 e. The molecule has 1 aromatic carbocycles. The summed E-state index contributed by atoms with van der Waals surface area (Å²) in [5.74, 6) is -0.639. The molecule has 0 fully saturated rings. The van der Waals surface area contributed by atoms with Crippen molar-refractivity contribution in [2.45, 2.75) is 59.8 Å². The molecule has 20 heavy (non-hydrogen) atoms. The zero-order chi connectivity index (χ0) is 15.5. The standard InChI is InChI=1S/C11H14FNO2.C5H12/c1-7-5-9(3-4-10(14)13-15)6-8(2)11(7)12;1-3-5-4-2/h5-6,15H,3-4H2,1-2H3,(H,13,14);3-5H2,1-2H3. The fourth-order valence-corrected chi connectivity index (χ4v) is 1.85. The third-order valence-electron chi connectivity index (χ3n) is 2.97. The molecule has 0 aromatic heterocycles. The van der Waals surface area contributed by atoms with Crippen LogP contribution in [-0.4, -0.2) is 11.1 Å². The van der Waals surface area contributed by atoms with E-state index in [9.17, 15) is 9.18 Å². The van der Waals surface area contributed by atoms with E-state index in [0.29, 0.717) is 17.5 Å². The number of hydroxylamine groups is 1. The van der Waals surface area contributed by atoms with Crippen LogP contribution in [0.4, 0.5) is 4.39 Å². The Labute approximate surface area is 121 Å². The summed E-state index contributed by atoms with van der Waals surface area (Å²) in [7, 11) is 0. The Morgan fingerprint density at radius 2 is 1.70 bits per heavy atom. The Hall–Kier alpha value is -1.42. The summed E-state index contributed by atoms with van der Waals surface area (Å²) in [6, 6.07) is 3.43. The maximum absolute atomic E-state index is 13.3. The molecule has 2 N–H and O–H groups in total. The molecule has 0 aliphatic heterocycles. The molecule has 1 aromatic rings. The van der Waals surface area contributed by atoms with Crippen LogP contribution in [0.1, 0.15) is 56.2 Å². The third kappa shape index (κ3) is 7.24. The average molecular weight is 283 g/mol. The van der Waals surface area contributed by atoms with E-state index in [4.69, 9.17) is 5.21 Å².